The summed E-state index contributed by atoms with van der Waals surface area (Å²) in [6.45, 7) is 6.10. The van der Waals surface area contributed by atoms with Gasteiger partial charge < -0.3 is 10.2 Å². The summed E-state index contributed by atoms with van der Waals surface area (Å²) in [6, 6.07) is 5.95. The summed E-state index contributed by atoms with van der Waals surface area (Å²) in [5.74, 6) is 0.192. The number of likely N-dealkylation sites (tertiary alicyclic amines) is 1. The molecule has 1 aromatic rings. The molecule has 22 heavy (non-hydrogen) atoms. The number of carbonyl (C=O) groups excluding carboxylic acids is 1. The summed E-state index contributed by atoms with van der Waals surface area (Å²) >= 11 is 3.47. The number of nitrogens with zero attached hydrogens (tertiary/aromatic N) is 1. The van der Waals surface area contributed by atoms with E-state index in [9.17, 15) is 4.79 Å². The Balaban J connectivity index is 0.00000176. The van der Waals surface area contributed by atoms with E-state index in [1.165, 1.54) is 12.8 Å². The van der Waals surface area contributed by atoms with Gasteiger partial charge in [-0.3, -0.25) is 4.79 Å². The standard InChI is InChI=1S/C17H23BrN2O.ClH/c1-13-2-3-14(18)12-15(13)16(21)20-10-6-17(7-11-20)4-8-19-9-5-17;/h2-3,12,19H,4-11H2,1H3;1H. The molecule has 1 aromatic carbocycles. The molecule has 2 aliphatic heterocycles. The van der Waals surface area contributed by atoms with Crippen molar-refractivity contribution in [1.29, 1.82) is 0 Å². The molecule has 1 amide bonds. The molecule has 0 aliphatic carbocycles. The van der Waals surface area contributed by atoms with Gasteiger partial charge in [0.05, 0.1) is 0 Å². The minimum absolute atomic E-state index is 0. The van der Waals surface area contributed by atoms with Gasteiger partial charge in [0.15, 0.2) is 0 Å². The highest BCUT2D eigenvalue weighted by Gasteiger charge is 2.36. The van der Waals surface area contributed by atoms with E-state index in [1.807, 2.05) is 30.0 Å². The Hall–Kier alpha value is -0.580. The Morgan fingerprint density at radius 1 is 1.18 bits per heavy atom. The van der Waals surface area contributed by atoms with Crippen LogP contribution in [0.4, 0.5) is 0 Å². The second-order valence-electron chi connectivity index (χ2n) is 6.50. The van der Waals surface area contributed by atoms with Crippen molar-refractivity contribution in [3.8, 4) is 0 Å². The van der Waals surface area contributed by atoms with E-state index in [-0.39, 0.29) is 18.3 Å². The van der Waals surface area contributed by atoms with Crippen LogP contribution in [0, 0.1) is 12.3 Å². The molecule has 0 aromatic heterocycles. The van der Waals surface area contributed by atoms with Gasteiger partial charge >= 0.3 is 0 Å². The smallest absolute Gasteiger partial charge is 0.254 e. The van der Waals surface area contributed by atoms with Crippen LogP contribution in [0.5, 0.6) is 0 Å². The van der Waals surface area contributed by atoms with E-state index in [0.717, 1.165) is 54.6 Å². The lowest BCUT2D eigenvalue weighted by Gasteiger charge is -2.44. The van der Waals surface area contributed by atoms with E-state index >= 15 is 0 Å². The van der Waals surface area contributed by atoms with Crippen LogP contribution in [-0.2, 0) is 0 Å². The van der Waals surface area contributed by atoms with E-state index in [2.05, 4.69) is 21.2 Å². The zero-order valence-electron chi connectivity index (χ0n) is 13.0. The molecular formula is C17H24BrClN2O. The lowest BCUT2D eigenvalue weighted by atomic mass is 9.71. The van der Waals surface area contributed by atoms with Gasteiger partial charge in [0, 0.05) is 23.1 Å². The first kappa shape index (κ1) is 17.8. The number of rotatable bonds is 1. The maximum absolute atomic E-state index is 12.7. The molecule has 0 bridgehead atoms. The Bertz CT molecular complexity index is 533. The fourth-order valence-corrected chi connectivity index (χ4v) is 4.00. The predicted octanol–water partition coefficient (Wildman–Crippen LogP) is 3.79. The number of piperidine rings is 2. The largest absolute Gasteiger partial charge is 0.339 e. The van der Waals surface area contributed by atoms with Gasteiger partial charge in [-0.1, -0.05) is 22.0 Å². The maximum Gasteiger partial charge on any atom is 0.254 e. The molecule has 0 atom stereocenters. The third kappa shape index (κ3) is 3.66. The summed E-state index contributed by atoms with van der Waals surface area (Å²) in [4.78, 5) is 14.8. The summed E-state index contributed by atoms with van der Waals surface area (Å²) in [6.07, 6.45) is 4.86. The van der Waals surface area contributed by atoms with Gasteiger partial charge in [-0.05, 0) is 68.8 Å². The third-order valence-electron chi connectivity index (χ3n) is 5.21. The van der Waals surface area contributed by atoms with Gasteiger partial charge in [-0.25, -0.2) is 0 Å². The van der Waals surface area contributed by atoms with Crippen molar-refractivity contribution in [3.63, 3.8) is 0 Å². The van der Waals surface area contributed by atoms with Crippen LogP contribution in [0.1, 0.15) is 41.6 Å². The minimum atomic E-state index is 0. The lowest BCUT2D eigenvalue weighted by molar-refractivity contribution is 0.0495. The molecule has 2 aliphatic rings. The van der Waals surface area contributed by atoms with Crippen LogP contribution < -0.4 is 5.32 Å². The Kier molecular flexibility index (Phi) is 5.92. The topological polar surface area (TPSA) is 32.3 Å². The molecule has 2 fully saturated rings. The summed E-state index contributed by atoms with van der Waals surface area (Å²) in [5, 5.41) is 3.44. The van der Waals surface area contributed by atoms with Gasteiger partial charge in [-0.15, -0.1) is 12.4 Å². The number of benzene rings is 1. The maximum atomic E-state index is 12.7. The van der Waals surface area contributed by atoms with Gasteiger partial charge in [0.2, 0.25) is 0 Å². The van der Waals surface area contributed by atoms with Crippen molar-refractivity contribution in [2.24, 2.45) is 5.41 Å². The fraction of sp³-hybridized carbons (Fsp3) is 0.588. The number of hydrogen-bond donors (Lipinski definition) is 1. The van der Waals surface area contributed by atoms with E-state index in [4.69, 9.17) is 0 Å². The highest BCUT2D eigenvalue weighted by atomic mass is 79.9. The molecular weight excluding hydrogens is 364 g/mol. The number of hydrogen-bond acceptors (Lipinski definition) is 2. The lowest BCUT2D eigenvalue weighted by Crippen LogP contribution is -2.47. The highest BCUT2D eigenvalue weighted by Crippen LogP contribution is 2.39. The van der Waals surface area contributed by atoms with Crippen LogP contribution in [-0.4, -0.2) is 37.0 Å². The van der Waals surface area contributed by atoms with Crippen molar-refractivity contribution in [2.45, 2.75) is 32.6 Å². The van der Waals surface area contributed by atoms with Crippen LogP contribution in [0.25, 0.3) is 0 Å². The molecule has 3 rings (SSSR count). The van der Waals surface area contributed by atoms with Crippen molar-refractivity contribution >= 4 is 34.2 Å². The molecule has 5 heteroatoms. The normalized spacial score (nSPS) is 20.5. The Labute approximate surface area is 147 Å². The zero-order chi connectivity index (χ0) is 14.9. The molecule has 122 valence electrons. The van der Waals surface area contributed by atoms with Crippen molar-refractivity contribution < 1.29 is 4.79 Å². The molecule has 3 nitrogen and oxygen atoms in total. The van der Waals surface area contributed by atoms with Gasteiger partial charge in [0.25, 0.3) is 5.91 Å². The van der Waals surface area contributed by atoms with Gasteiger partial charge in [-0.2, -0.15) is 0 Å². The van der Waals surface area contributed by atoms with Crippen molar-refractivity contribution in [3.05, 3.63) is 33.8 Å². The summed E-state index contributed by atoms with van der Waals surface area (Å²) in [7, 11) is 0. The summed E-state index contributed by atoms with van der Waals surface area (Å²) in [5.41, 5.74) is 2.39. The number of carbonyl (C=O) groups is 1. The second-order valence-corrected chi connectivity index (χ2v) is 7.42. The Morgan fingerprint density at radius 2 is 1.82 bits per heavy atom. The number of aryl methyl sites for hydroxylation is 1. The quantitative estimate of drug-likeness (QED) is 0.795. The molecule has 1 N–H and O–H groups in total. The molecule has 1 spiro atoms. The molecule has 0 unspecified atom stereocenters. The SMILES string of the molecule is Cc1ccc(Br)cc1C(=O)N1CCC2(CCNCC2)CC1.Cl. The van der Waals surface area contributed by atoms with Crippen LogP contribution in [0.2, 0.25) is 0 Å². The molecule has 0 radical (unpaired) electrons. The Morgan fingerprint density at radius 3 is 2.45 bits per heavy atom. The van der Waals surface area contributed by atoms with E-state index in [1.54, 1.807) is 0 Å². The van der Waals surface area contributed by atoms with Crippen molar-refractivity contribution in [2.75, 3.05) is 26.2 Å². The molecule has 2 heterocycles. The number of halogens is 2. The average Bonchev–Trinajstić information content (AvgIpc) is 2.51. The van der Waals surface area contributed by atoms with Crippen LogP contribution in [0.15, 0.2) is 22.7 Å². The average molecular weight is 388 g/mol. The molecule has 2 saturated heterocycles. The number of nitrogens with one attached hydrogen (secondary N) is 1. The van der Waals surface area contributed by atoms with E-state index in [0.29, 0.717) is 5.41 Å². The first-order chi connectivity index (χ1) is 10.1. The zero-order valence-corrected chi connectivity index (χ0v) is 15.4. The minimum Gasteiger partial charge on any atom is -0.339 e. The van der Waals surface area contributed by atoms with Gasteiger partial charge in [0.1, 0.15) is 0 Å². The predicted molar refractivity (Wildman–Crippen MR) is 95.8 cm³/mol. The first-order valence-electron chi connectivity index (χ1n) is 7.86. The third-order valence-corrected chi connectivity index (χ3v) is 5.70. The van der Waals surface area contributed by atoms with E-state index < -0.39 is 0 Å². The van der Waals surface area contributed by atoms with Crippen LogP contribution >= 0.6 is 28.3 Å². The summed E-state index contributed by atoms with van der Waals surface area (Å²) < 4.78 is 0.975. The van der Waals surface area contributed by atoms with Crippen molar-refractivity contribution in [1.82, 2.24) is 10.2 Å². The first-order valence-corrected chi connectivity index (χ1v) is 8.65. The monoisotopic (exact) mass is 386 g/mol. The highest BCUT2D eigenvalue weighted by molar-refractivity contribution is 9.10. The van der Waals surface area contributed by atoms with Crippen LogP contribution in [0.3, 0.4) is 0 Å². The number of amides is 1. The second kappa shape index (κ2) is 7.33. The fourth-order valence-electron chi connectivity index (χ4n) is 3.64. The molecule has 0 saturated carbocycles.